The molecule has 0 aromatic heterocycles. The van der Waals surface area contributed by atoms with Crippen LogP contribution < -0.4 is 16.8 Å². The van der Waals surface area contributed by atoms with E-state index in [4.69, 9.17) is 21.7 Å². The van der Waals surface area contributed by atoms with Crippen molar-refractivity contribution in [3.63, 3.8) is 0 Å². The van der Waals surface area contributed by atoms with Crippen molar-refractivity contribution in [3.8, 4) is 0 Å². The van der Waals surface area contributed by atoms with Gasteiger partial charge in [0.25, 0.3) is 0 Å². The van der Waals surface area contributed by atoms with Crippen molar-refractivity contribution in [1.82, 2.24) is 10.2 Å². The van der Waals surface area contributed by atoms with E-state index in [0.717, 1.165) is 25.0 Å². The van der Waals surface area contributed by atoms with Crippen molar-refractivity contribution in [1.29, 1.82) is 0 Å². The molecule has 45 heavy (non-hydrogen) atoms. The Bertz CT molecular complexity index is 1190. The average Bonchev–Trinajstić information content (AvgIpc) is 3.46. The van der Waals surface area contributed by atoms with Crippen LogP contribution in [0.15, 0.2) is 27.4 Å². The van der Waals surface area contributed by atoms with Gasteiger partial charge in [-0.05, 0) is 43.8 Å². The van der Waals surface area contributed by atoms with E-state index < -0.39 is 36.0 Å². The number of carboxylic acid groups (broad SMARTS) is 3. The molecule has 15 nitrogen and oxygen atoms in total. The summed E-state index contributed by atoms with van der Waals surface area (Å²) in [6.07, 6.45) is 5.37. The number of β-lactam (4-membered cyclic amide) rings is 1. The Morgan fingerprint density at radius 2 is 1.82 bits per heavy atom. The van der Waals surface area contributed by atoms with Gasteiger partial charge in [0.15, 0.2) is 0 Å². The molecule has 0 bridgehead atoms. The molecule has 0 aromatic carbocycles. The third kappa shape index (κ3) is 11.3. The van der Waals surface area contributed by atoms with Gasteiger partial charge in [0.05, 0.1) is 30.9 Å². The highest BCUT2D eigenvalue weighted by Gasteiger charge is 2.56. The van der Waals surface area contributed by atoms with Crippen molar-refractivity contribution < 1.29 is 49.9 Å². The maximum absolute atomic E-state index is 12.0. The molecule has 1 aliphatic carbocycles. The summed E-state index contributed by atoms with van der Waals surface area (Å²) in [6, 6.07) is -1.08. The summed E-state index contributed by atoms with van der Waals surface area (Å²) >= 11 is 2.84. The largest absolute Gasteiger partial charge is 0.480 e. The first-order chi connectivity index (χ1) is 20.6. The number of fused-ring (bicyclic) bond motifs is 1. The first-order valence-electron chi connectivity index (χ1n) is 14.2. The van der Waals surface area contributed by atoms with E-state index in [1.807, 2.05) is 13.8 Å². The summed E-state index contributed by atoms with van der Waals surface area (Å²) in [5.41, 5.74) is 10.5. The molecule has 0 aromatic rings. The van der Waals surface area contributed by atoms with Gasteiger partial charge in [-0.25, -0.2) is 9.59 Å². The molecule has 5 atom stereocenters. The van der Waals surface area contributed by atoms with E-state index in [0.29, 0.717) is 35.8 Å². The Balaban J connectivity index is 0.000000446. The number of hydrogen-bond donors (Lipinski definition) is 7. The van der Waals surface area contributed by atoms with Crippen LogP contribution in [0.1, 0.15) is 52.9 Å². The van der Waals surface area contributed by atoms with Gasteiger partial charge >= 0.3 is 17.9 Å². The standard InChI is InChI=1S/C16H26N2O5S.C12H17N3O4S.H2O/c1-16(2)8-10(16)13(19)18-12(15(22)23)6-4-3-5-7-24-9-11(17)14(20)21;1-6(16)9-7-4-8(20-3-2-14-5-13)10(12(18)19)15(7)11(9)17;/h6,10-11H,3-5,7-9,17H2,1-2H3,(H,18,19)(H,20,21)(H,22,23);5-7,9,16H,2-4H2,1H3,(H2,13,14)(H,18,19);1H2/b12-6-;;/t10-,11+;6-,7-,9-;/m11./s1. The zero-order valence-corrected chi connectivity index (χ0v) is 27.2. The van der Waals surface area contributed by atoms with Crippen LogP contribution in [0.25, 0.3) is 0 Å². The van der Waals surface area contributed by atoms with Gasteiger partial charge in [0.1, 0.15) is 17.4 Å². The van der Waals surface area contributed by atoms with Crippen molar-refractivity contribution in [2.75, 3.05) is 23.8 Å². The molecular formula is C28H45N5O10S2. The predicted octanol–water partition coefficient (Wildman–Crippen LogP) is 0.222. The van der Waals surface area contributed by atoms with Gasteiger partial charge < -0.3 is 47.6 Å². The highest BCUT2D eigenvalue weighted by atomic mass is 32.2. The van der Waals surface area contributed by atoms with Gasteiger partial charge in [-0.2, -0.15) is 11.8 Å². The van der Waals surface area contributed by atoms with Gasteiger partial charge in [-0.15, -0.1) is 11.8 Å². The number of unbranched alkanes of at least 4 members (excludes halogenated alkanes) is 2. The Kier molecular flexibility index (Phi) is 16.1. The lowest BCUT2D eigenvalue weighted by atomic mass is 9.83. The van der Waals surface area contributed by atoms with E-state index in [1.165, 1.54) is 40.8 Å². The summed E-state index contributed by atoms with van der Waals surface area (Å²) in [7, 11) is 0. The molecule has 1 saturated carbocycles. The highest BCUT2D eigenvalue weighted by Crippen LogP contribution is 2.51. The van der Waals surface area contributed by atoms with E-state index >= 15 is 0 Å². The lowest BCUT2D eigenvalue weighted by Gasteiger charge is -2.44. The minimum atomic E-state index is -1.14. The van der Waals surface area contributed by atoms with Gasteiger partial charge in [0, 0.05) is 28.7 Å². The lowest BCUT2D eigenvalue weighted by molar-refractivity contribution is -0.161. The molecule has 3 aliphatic rings. The molecule has 11 N–H and O–H groups in total. The normalized spacial score (nSPS) is 22.8. The Morgan fingerprint density at radius 1 is 1.18 bits per heavy atom. The molecule has 0 unspecified atom stereocenters. The molecular weight excluding hydrogens is 630 g/mol. The SMILES string of the molecule is CC1(C)C[C@@H]1C(=O)N/C(=C\CCCCSC[C@H](N)C(=O)O)C(=O)O.C[C@@H](O)[C@H]1C(=O)N2C(C(=O)O)=C(SCCN=CN)C[C@H]12.O. The van der Waals surface area contributed by atoms with Gasteiger partial charge in [-0.3, -0.25) is 19.4 Å². The molecule has 2 aliphatic heterocycles. The number of aliphatic hydroxyl groups is 1. The van der Waals surface area contributed by atoms with Gasteiger partial charge in [0.2, 0.25) is 11.8 Å². The van der Waals surface area contributed by atoms with Crippen LogP contribution in [0.3, 0.4) is 0 Å². The van der Waals surface area contributed by atoms with Crippen molar-refractivity contribution >= 4 is 59.6 Å². The van der Waals surface area contributed by atoms with Crippen LogP contribution in [-0.2, 0) is 24.0 Å². The topological polar surface area (TPSA) is 277 Å². The minimum absolute atomic E-state index is 0. The van der Waals surface area contributed by atoms with E-state index in [2.05, 4.69) is 10.3 Å². The summed E-state index contributed by atoms with van der Waals surface area (Å²) in [6.45, 7) is 6.02. The molecule has 254 valence electrons. The van der Waals surface area contributed by atoms with Crippen molar-refractivity contribution in [2.45, 2.75) is 71.1 Å². The summed E-state index contributed by atoms with van der Waals surface area (Å²) in [5, 5.41) is 39.2. The highest BCUT2D eigenvalue weighted by molar-refractivity contribution is 8.03. The number of thioether (sulfide) groups is 2. The number of carboxylic acids is 3. The first-order valence-corrected chi connectivity index (χ1v) is 16.4. The second-order valence-corrected chi connectivity index (χ2v) is 13.7. The smallest absolute Gasteiger partial charge is 0.353 e. The quantitative estimate of drug-likeness (QED) is 0.0358. The minimum Gasteiger partial charge on any atom is -0.480 e. The van der Waals surface area contributed by atoms with Crippen molar-refractivity contribution in [2.24, 2.45) is 33.7 Å². The Labute approximate surface area is 270 Å². The van der Waals surface area contributed by atoms with E-state index in [1.54, 1.807) is 6.92 Å². The van der Waals surface area contributed by atoms with Crippen LogP contribution in [0.2, 0.25) is 0 Å². The van der Waals surface area contributed by atoms with Crippen LogP contribution in [-0.4, -0.2) is 109 Å². The zero-order chi connectivity index (χ0) is 33.2. The van der Waals surface area contributed by atoms with Crippen LogP contribution in [0, 0.1) is 17.3 Å². The fourth-order valence-electron chi connectivity index (χ4n) is 4.86. The maximum atomic E-state index is 12.0. The molecule has 2 heterocycles. The monoisotopic (exact) mass is 675 g/mol. The maximum Gasteiger partial charge on any atom is 0.353 e. The number of allylic oxidation sites excluding steroid dienone is 1. The molecule has 1 saturated heterocycles. The van der Waals surface area contributed by atoms with E-state index in [9.17, 15) is 34.2 Å². The number of aliphatic hydroxyl groups excluding tert-OH is 1. The summed E-state index contributed by atoms with van der Waals surface area (Å²) < 4.78 is 0. The van der Waals surface area contributed by atoms with Crippen LogP contribution >= 0.6 is 23.5 Å². The number of nitrogens with zero attached hydrogens (tertiary/aromatic N) is 2. The first kappa shape index (κ1) is 39.9. The third-order valence-corrected chi connectivity index (χ3v) is 9.78. The van der Waals surface area contributed by atoms with Gasteiger partial charge in [-0.1, -0.05) is 19.9 Å². The number of nitrogens with two attached hydrogens (primary N) is 2. The zero-order valence-electron chi connectivity index (χ0n) is 25.6. The fraction of sp³-hybridized carbons (Fsp3) is 0.643. The molecule has 0 radical (unpaired) electrons. The molecule has 2 fully saturated rings. The number of carbonyl (C=O) groups is 5. The molecule has 0 spiro atoms. The molecule has 3 rings (SSSR count). The number of hydrogen-bond acceptors (Lipinski definition) is 10. The van der Waals surface area contributed by atoms with Crippen LogP contribution in [0.5, 0.6) is 0 Å². The van der Waals surface area contributed by atoms with Crippen molar-refractivity contribution in [3.05, 3.63) is 22.4 Å². The Morgan fingerprint density at radius 3 is 2.33 bits per heavy atom. The second kappa shape index (κ2) is 18.1. The van der Waals surface area contributed by atoms with E-state index in [-0.39, 0.29) is 46.1 Å². The number of carbonyl (C=O) groups excluding carboxylic acids is 2. The number of aliphatic imine (C=N–C) groups is 1. The number of amides is 2. The second-order valence-electron chi connectivity index (χ2n) is 11.4. The summed E-state index contributed by atoms with van der Waals surface area (Å²) in [5.74, 6) is -2.67. The lowest BCUT2D eigenvalue weighted by Crippen LogP contribution is -2.61. The third-order valence-electron chi connectivity index (χ3n) is 7.52. The molecule has 2 amide bonds. The van der Waals surface area contributed by atoms with Crippen LogP contribution in [0.4, 0.5) is 0 Å². The number of rotatable bonds is 17. The summed E-state index contributed by atoms with van der Waals surface area (Å²) in [4.78, 5) is 62.8. The number of nitrogens with one attached hydrogen (secondary N) is 1. The predicted molar refractivity (Wildman–Crippen MR) is 171 cm³/mol. The number of aliphatic carboxylic acids is 3. The average molecular weight is 676 g/mol. The molecule has 17 heteroatoms. The Hall–Kier alpha value is -3.12. The fourth-order valence-corrected chi connectivity index (χ4v) is 6.88.